The summed E-state index contributed by atoms with van der Waals surface area (Å²) in [5.74, 6) is 0. The first-order chi connectivity index (χ1) is 7.34. The summed E-state index contributed by atoms with van der Waals surface area (Å²) in [5.41, 5.74) is 8.99. The SMILES string of the molecule is Nc1ccc(C[CH]c2ccccc2)cc1. The lowest BCUT2D eigenvalue weighted by Crippen LogP contribution is -1.89. The van der Waals surface area contributed by atoms with Gasteiger partial charge in [-0.1, -0.05) is 42.5 Å². The first kappa shape index (κ1) is 9.78. The highest BCUT2D eigenvalue weighted by atomic mass is 14.5. The largest absolute Gasteiger partial charge is 0.399 e. The zero-order valence-electron chi connectivity index (χ0n) is 8.56. The van der Waals surface area contributed by atoms with Gasteiger partial charge < -0.3 is 5.73 Å². The van der Waals surface area contributed by atoms with Crippen LogP contribution in [0.1, 0.15) is 11.1 Å². The smallest absolute Gasteiger partial charge is 0.0314 e. The Balaban J connectivity index is 1.96. The molecule has 0 fully saturated rings. The summed E-state index contributed by atoms with van der Waals surface area (Å²) in [4.78, 5) is 0. The minimum Gasteiger partial charge on any atom is -0.399 e. The molecule has 0 aromatic heterocycles. The second-order valence-corrected chi connectivity index (χ2v) is 3.56. The summed E-state index contributed by atoms with van der Waals surface area (Å²) in [5, 5.41) is 0. The molecule has 1 nitrogen and oxygen atoms in total. The van der Waals surface area contributed by atoms with Gasteiger partial charge in [0.1, 0.15) is 0 Å². The molecule has 0 aliphatic rings. The minimum atomic E-state index is 0.818. The Hall–Kier alpha value is -1.76. The van der Waals surface area contributed by atoms with E-state index in [9.17, 15) is 0 Å². The third-order valence-corrected chi connectivity index (χ3v) is 2.35. The summed E-state index contributed by atoms with van der Waals surface area (Å²) in [7, 11) is 0. The van der Waals surface area contributed by atoms with E-state index in [0.717, 1.165) is 12.1 Å². The van der Waals surface area contributed by atoms with Crippen LogP contribution in [0.2, 0.25) is 0 Å². The summed E-state index contributed by atoms with van der Waals surface area (Å²) in [6.45, 7) is 0. The van der Waals surface area contributed by atoms with Crippen molar-refractivity contribution < 1.29 is 0 Å². The fourth-order valence-corrected chi connectivity index (χ4v) is 1.48. The van der Waals surface area contributed by atoms with Crippen LogP contribution < -0.4 is 5.73 Å². The molecule has 0 bridgehead atoms. The summed E-state index contributed by atoms with van der Waals surface area (Å²) in [6, 6.07) is 18.4. The van der Waals surface area contributed by atoms with Crippen LogP contribution in [0.25, 0.3) is 0 Å². The molecule has 15 heavy (non-hydrogen) atoms. The molecule has 1 heteroatoms. The van der Waals surface area contributed by atoms with Crippen molar-refractivity contribution >= 4 is 5.69 Å². The molecule has 0 aliphatic heterocycles. The van der Waals surface area contributed by atoms with Crippen molar-refractivity contribution in [3.8, 4) is 0 Å². The molecule has 0 saturated heterocycles. The number of nitrogen functional groups attached to an aromatic ring is 1. The van der Waals surface area contributed by atoms with E-state index < -0.39 is 0 Å². The van der Waals surface area contributed by atoms with Crippen LogP contribution in [0.3, 0.4) is 0 Å². The Labute approximate surface area is 90.6 Å². The van der Waals surface area contributed by atoms with Crippen LogP contribution >= 0.6 is 0 Å². The third-order valence-electron chi connectivity index (χ3n) is 2.35. The highest BCUT2D eigenvalue weighted by molar-refractivity contribution is 5.40. The van der Waals surface area contributed by atoms with E-state index in [0.29, 0.717) is 0 Å². The van der Waals surface area contributed by atoms with Gasteiger partial charge in [-0.25, -0.2) is 0 Å². The highest BCUT2D eigenvalue weighted by Gasteiger charge is 1.95. The van der Waals surface area contributed by atoms with Gasteiger partial charge >= 0.3 is 0 Å². The zero-order chi connectivity index (χ0) is 10.5. The molecule has 2 rings (SSSR count). The molecule has 75 valence electrons. The van der Waals surface area contributed by atoms with Crippen molar-refractivity contribution in [1.29, 1.82) is 0 Å². The van der Waals surface area contributed by atoms with E-state index in [1.807, 2.05) is 18.2 Å². The average molecular weight is 196 g/mol. The van der Waals surface area contributed by atoms with Gasteiger partial charge in [-0.15, -0.1) is 0 Å². The quantitative estimate of drug-likeness (QED) is 0.750. The van der Waals surface area contributed by atoms with E-state index in [1.165, 1.54) is 11.1 Å². The van der Waals surface area contributed by atoms with Crippen molar-refractivity contribution in [3.05, 3.63) is 72.1 Å². The van der Waals surface area contributed by atoms with Crippen LogP contribution in [0.15, 0.2) is 54.6 Å². The Bertz CT molecular complexity index is 403. The Morgan fingerprint density at radius 2 is 1.53 bits per heavy atom. The number of anilines is 1. The second kappa shape index (κ2) is 4.65. The number of nitrogens with two attached hydrogens (primary N) is 1. The van der Waals surface area contributed by atoms with E-state index in [-0.39, 0.29) is 0 Å². The maximum absolute atomic E-state index is 5.62. The molecule has 2 N–H and O–H groups in total. The standard InChI is InChI=1S/C14H14N/c15-14-10-8-13(9-11-14)7-6-12-4-2-1-3-5-12/h1-6,8-11H,7,15H2. The lowest BCUT2D eigenvalue weighted by atomic mass is 10.0. The summed E-state index contributed by atoms with van der Waals surface area (Å²) in [6.07, 6.45) is 3.16. The molecule has 0 atom stereocenters. The van der Waals surface area contributed by atoms with Gasteiger partial charge in [-0.05, 0) is 36.1 Å². The van der Waals surface area contributed by atoms with Crippen molar-refractivity contribution in [2.75, 3.05) is 5.73 Å². The van der Waals surface area contributed by atoms with Crippen molar-refractivity contribution in [1.82, 2.24) is 0 Å². The van der Waals surface area contributed by atoms with Gasteiger partial charge in [0.15, 0.2) is 0 Å². The van der Waals surface area contributed by atoms with Gasteiger partial charge in [0.05, 0.1) is 0 Å². The topological polar surface area (TPSA) is 26.0 Å². The third kappa shape index (κ3) is 2.84. The van der Waals surface area contributed by atoms with E-state index in [2.05, 4.69) is 42.8 Å². The maximum Gasteiger partial charge on any atom is 0.0314 e. The van der Waals surface area contributed by atoms with E-state index >= 15 is 0 Å². The number of hydrogen-bond acceptors (Lipinski definition) is 1. The van der Waals surface area contributed by atoms with Crippen LogP contribution in [-0.4, -0.2) is 0 Å². The number of hydrogen-bond donors (Lipinski definition) is 1. The average Bonchev–Trinajstić information content (AvgIpc) is 2.30. The van der Waals surface area contributed by atoms with Crippen LogP contribution in [0, 0.1) is 6.42 Å². The van der Waals surface area contributed by atoms with Crippen LogP contribution in [0.4, 0.5) is 5.69 Å². The predicted octanol–water partition coefficient (Wildman–Crippen LogP) is 3.06. The Morgan fingerprint density at radius 3 is 2.20 bits per heavy atom. The molecule has 0 aliphatic carbocycles. The summed E-state index contributed by atoms with van der Waals surface area (Å²) < 4.78 is 0. The van der Waals surface area contributed by atoms with Gasteiger partial charge in [0, 0.05) is 5.69 Å². The molecule has 0 heterocycles. The first-order valence-electron chi connectivity index (χ1n) is 5.07. The van der Waals surface area contributed by atoms with Gasteiger partial charge in [-0.2, -0.15) is 0 Å². The maximum atomic E-state index is 5.62. The van der Waals surface area contributed by atoms with E-state index in [1.54, 1.807) is 0 Å². The first-order valence-corrected chi connectivity index (χ1v) is 5.07. The van der Waals surface area contributed by atoms with E-state index in [4.69, 9.17) is 5.73 Å². The Kier molecular flexibility index (Phi) is 3.03. The van der Waals surface area contributed by atoms with Crippen LogP contribution in [0.5, 0.6) is 0 Å². The fraction of sp³-hybridized carbons (Fsp3) is 0.0714. The minimum absolute atomic E-state index is 0.818. The lowest BCUT2D eigenvalue weighted by Gasteiger charge is -2.01. The number of rotatable bonds is 3. The number of benzene rings is 2. The molecule has 0 unspecified atom stereocenters. The highest BCUT2D eigenvalue weighted by Crippen LogP contribution is 2.10. The molecular weight excluding hydrogens is 182 g/mol. The monoisotopic (exact) mass is 196 g/mol. The summed E-state index contributed by atoms with van der Waals surface area (Å²) >= 11 is 0. The van der Waals surface area contributed by atoms with Crippen LogP contribution in [-0.2, 0) is 6.42 Å². The normalized spacial score (nSPS) is 10.1. The van der Waals surface area contributed by atoms with Crippen molar-refractivity contribution in [3.63, 3.8) is 0 Å². The lowest BCUT2D eigenvalue weighted by molar-refractivity contribution is 1.17. The van der Waals surface area contributed by atoms with Gasteiger partial charge in [-0.3, -0.25) is 0 Å². The fourth-order valence-electron chi connectivity index (χ4n) is 1.48. The van der Waals surface area contributed by atoms with Gasteiger partial charge in [0.25, 0.3) is 0 Å². The zero-order valence-corrected chi connectivity index (χ0v) is 8.56. The Morgan fingerprint density at radius 1 is 0.867 bits per heavy atom. The van der Waals surface area contributed by atoms with Crippen molar-refractivity contribution in [2.45, 2.75) is 6.42 Å². The molecule has 0 saturated carbocycles. The van der Waals surface area contributed by atoms with Gasteiger partial charge in [0.2, 0.25) is 0 Å². The van der Waals surface area contributed by atoms with Crippen molar-refractivity contribution in [2.24, 2.45) is 0 Å². The molecular formula is C14H14N. The molecule has 2 aromatic carbocycles. The predicted molar refractivity (Wildman–Crippen MR) is 64.4 cm³/mol. The molecule has 0 amide bonds. The second-order valence-electron chi connectivity index (χ2n) is 3.56. The molecule has 2 aromatic rings. The molecule has 1 radical (unpaired) electrons. The molecule has 0 spiro atoms.